The molecule has 2 aliphatic rings. The molecule has 0 unspecified atom stereocenters. The van der Waals surface area contributed by atoms with E-state index >= 15 is 0 Å². The molecule has 0 aliphatic carbocycles. The summed E-state index contributed by atoms with van der Waals surface area (Å²) in [6, 6.07) is 9.56. The van der Waals surface area contributed by atoms with Gasteiger partial charge < -0.3 is 36.0 Å². The third-order valence-corrected chi connectivity index (χ3v) is 6.62. The highest BCUT2D eigenvalue weighted by Gasteiger charge is 2.48. The highest BCUT2D eigenvalue weighted by Crippen LogP contribution is 2.28. The van der Waals surface area contributed by atoms with Crippen molar-refractivity contribution in [2.24, 2.45) is 0 Å². The van der Waals surface area contributed by atoms with E-state index in [-0.39, 0.29) is 24.8 Å². The first-order valence-electron chi connectivity index (χ1n) is 12.1. The van der Waals surface area contributed by atoms with Crippen molar-refractivity contribution in [1.82, 2.24) is 24.7 Å². The van der Waals surface area contributed by atoms with Gasteiger partial charge in [-0.1, -0.05) is 30.3 Å². The summed E-state index contributed by atoms with van der Waals surface area (Å²) in [5.74, 6) is -1.11. The number of amides is 2. The number of β-amino-alcohol motifs (C(OH)–C–C–N with tert-alkyl or cyclic N) is 1. The summed E-state index contributed by atoms with van der Waals surface area (Å²) in [6.45, 7) is 2.64. The number of hydrogen-bond acceptors (Lipinski definition) is 10. The summed E-state index contributed by atoms with van der Waals surface area (Å²) >= 11 is 0. The van der Waals surface area contributed by atoms with E-state index in [2.05, 4.69) is 10.3 Å². The molecular formula is C24H32N6O7. The lowest BCUT2D eigenvalue weighted by atomic mass is 10.0. The van der Waals surface area contributed by atoms with Crippen LogP contribution in [0.2, 0.25) is 0 Å². The van der Waals surface area contributed by atoms with E-state index in [0.717, 1.165) is 10.1 Å². The Morgan fingerprint density at radius 3 is 2.46 bits per heavy atom. The number of carbonyl (C=O) groups excluding carboxylic acids is 2. The van der Waals surface area contributed by atoms with E-state index < -0.39 is 42.2 Å². The number of hydrogen-bond donors (Lipinski definition) is 5. The first-order chi connectivity index (χ1) is 17.8. The Labute approximate surface area is 213 Å². The van der Waals surface area contributed by atoms with Gasteiger partial charge >= 0.3 is 5.69 Å². The van der Waals surface area contributed by atoms with Crippen LogP contribution in [0.1, 0.15) is 11.8 Å². The summed E-state index contributed by atoms with van der Waals surface area (Å²) in [6.07, 6.45) is -4.68. The lowest BCUT2D eigenvalue weighted by molar-refractivity contribution is -0.144. The maximum atomic E-state index is 13.5. The first-order valence-corrected chi connectivity index (χ1v) is 12.1. The normalized spacial score (nSPS) is 25.1. The number of nitrogens with zero attached hydrogens (tertiary/aromatic N) is 4. The molecule has 5 atom stereocenters. The number of aromatic nitrogens is 2. The number of aliphatic hydroxyl groups excluding tert-OH is 3. The number of rotatable bonds is 8. The molecule has 1 aromatic heterocycles. The zero-order valence-electron chi connectivity index (χ0n) is 20.2. The minimum absolute atomic E-state index is 0.0250. The standard InChI is InChI=1S/C24H32N6O7/c25-17-6-7-30(24(36)27-17)23-19(33)18(32)20(37-23)21(34)26-16(14-15-4-2-1-3-5-15)22(35)29-10-8-28(9-11-29)12-13-31/h1-7,16,18-20,23,31-33H,8-14H2,(H,26,34)(H2,25,27,36)/t16-,18+,19-,20+,23-/m1/s1. The van der Waals surface area contributed by atoms with Crippen LogP contribution in [0.4, 0.5) is 5.82 Å². The molecule has 4 rings (SSSR count). The maximum absolute atomic E-state index is 13.5. The van der Waals surface area contributed by atoms with Crippen LogP contribution in [-0.2, 0) is 20.7 Å². The number of nitrogens with one attached hydrogen (secondary N) is 1. The Hall–Kier alpha value is -3.36. The van der Waals surface area contributed by atoms with Crippen LogP contribution in [0.3, 0.4) is 0 Å². The molecule has 2 saturated heterocycles. The molecule has 0 radical (unpaired) electrons. The zero-order chi connectivity index (χ0) is 26.5. The van der Waals surface area contributed by atoms with Crippen LogP contribution in [0, 0.1) is 0 Å². The molecule has 2 aromatic rings. The van der Waals surface area contributed by atoms with Gasteiger partial charge in [-0.25, -0.2) is 4.79 Å². The topological polar surface area (TPSA) is 183 Å². The number of ether oxygens (including phenoxy) is 1. The third kappa shape index (κ3) is 6.14. The molecule has 37 heavy (non-hydrogen) atoms. The van der Waals surface area contributed by atoms with Gasteiger partial charge in [-0.2, -0.15) is 4.98 Å². The number of carbonyl (C=O) groups is 2. The number of anilines is 1. The molecule has 0 spiro atoms. The van der Waals surface area contributed by atoms with E-state index in [0.29, 0.717) is 32.7 Å². The summed E-state index contributed by atoms with van der Waals surface area (Å²) in [5, 5.41) is 32.9. The maximum Gasteiger partial charge on any atom is 0.351 e. The van der Waals surface area contributed by atoms with Crippen molar-refractivity contribution >= 4 is 17.6 Å². The molecule has 2 amide bonds. The summed E-state index contributed by atoms with van der Waals surface area (Å²) in [7, 11) is 0. The summed E-state index contributed by atoms with van der Waals surface area (Å²) in [4.78, 5) is 46.1. The van der Waals surface area contributed by atoms with Crippen LogP contribution in [-0.4, -0.2) is 110 Å². The van der Waals surface area contributed by atoms with Gasteiger partial charge in [-0.3, -0.25) is 19.1 Å². The second-order valence-corrected chi connectivity index (χ2v) is 9.11. The van der Waals surface area contributed by atoms with Crippen molar-refractivity contribution in [3.8, 4) is 0 Å². The fourth-order valence-corrected chi connectivity index (χ4v) is 4.58. The van der Waals surface area contributed by atoms with Gasteiger partial charge in [0.15, 0.2) is 12.3 Å². The fourth-order valence-electron chi connectivity index (χ4n) is 4.58. The average molecular weight is 517 g/mol. The van der Waals surface area contributed by atoms with Gasteiger partial charge in [0.25, 0.3) is 5.91 Å². The van der Waals surface area contributed by atoms with Crippen LogP contribution >= 0.6 is 0 Å². The molecule has 1 aromatic carbocycles. The predicted molar refractivity (Wildman–Crippen MR) is 131 cm³/mol. The van der Waals surface area contributed by atoms with Gasteiger partial charge in [-0.15, -0.1) is 0 Å². The third-order valence-electron chi connectivity index (χ3n) is 6.62. The van der Waals surface area contributed by atoms with E-state index in [4.69, 9.17) is 15.6 Å². The first kappa shape index (κ1) is 26.7. The quantitative estimate of drug-likeness (QED) is 0.248. The Kier molecular flexibility index (Phi) is 8.51. The van der Waals surface area contributed by atoms with Crippen molar-refractivity contribution in [1.29, 1.82) is 0 Å². The van der Waals surface area contributed by atoms with E-state index in [1.165, 1.54) is 12.3 Å². The fraction of sp³-hybridized carbons (Fsp3) is 0.500. The van der Waals surface area contributed by atoms with Crippen molar-refractivity contribution in [3.63, 3.8) is 0 Å². The molecule has 6 N–H and O–H groups in total. The van der Waals surface area contributed by atoms with Crippen molar-refractivity contribution < 1.29 is 29.6 Å². The largest absolute Gasteiger partial charge is 0.395 e. The van der Waals surface area contributed by atoms with E-state index in [9.17, 15) is 24.6 Å². The Bertz CT molecular complexity index is 1140. The van der Waals surface area contributed by atoms with Gasteiger partial charge in [0.2, 0.25) is 5.91 Å². The minimum Gasteiger partial charge on any atom is -0.395 e. The second kappa shape index (κ2) is 11.8. The molecule has 2 aliphatic heterocycles. The number of benzene rings is 1. The summed E-state index contributed by atoms with van der Waals surface area (Å²) in [5.41, 5.74) is 5.52. The summed E-state index contributed by atoms with van der Waals surface area (Å²) < 4.78 is 6.53. The van der Waals surface area contributed by atoms with E-state index in [1.807, 2.05) is 35.2 Å². The molecule has 13 nitrogen and oxygen atoms in total. The van der Waals surface area contributed by atoms with Gasteiger partial charge in [-0.05, 0) is 11.6 Å². The number of piperazine rings is 1. The Balaban J connectivity index is 1.49. The molecule has 0 saturated carbocycles. The monoisotopic (exact) mass is 516 g/mol. The minimum atomic E-state index is -1.65. The second-order valence-electron chi connectivity index (χ2n) is 9.11. The van der Waals surface area contributed by atoms with Gasteiger partial charge in [0.1, 0.15) is 24.1 Å². The SMILES string of the molecule is Nc1ccn([C@@H]2O[C@H](C(=O)N[C@H](Cc3ccccc3)C(=O)N3CCN(CCO)CC3)[C@@H](O)[C@H]2O)c(=O)n1. The number of aliphatic hydroxyl groups is 3. The zero-order valence-corrected chi connectivity index (χ0v) is 20.2. The van der Waals surface area contributed by atoms with Crippen LogP contribution in [0.15, 0.2) is 47.4 Å². The Morgan fingerprint density at radius 2 is 1.81 bits per heavy atom. The van der Waals surface area contributed by atoms with E-state index in [1.54, 1.807) is 4.90 Å². The molecule has 3 heterocycles. The van der Waals surface area contributed by atoms with Gasteiger partial charge in [0.05, 0.1) is 6.61 Å². The van der Waals surface area contributed by atoms with Crippen molar-refractivity contribution in [3.05, 3.63) is 58.6 Å². The highest BCUT2D eigenvalue weighted by atomic mass is 16.6. The average Bonchev–Trinajstić information content (AvgIpc) is 3.18. The molecule has 0 bridgehead atoms. The van der Waals surface area contributed by atoms with Crippen LogP contribution in [0.5, 0.6) is 0 Å². The molecular weight excluding hydrogens is 484 g/mol. The van der Waals surface area contributed by atoms with Crippen LogP contribution in [0.25, 0.3) is 0 Å². The molecule has 200 valence electrons. The smallest absolute Gasteiger partial charge is 0.351 e. The highest BCUT2D eigenvalue weighted by molar-refractivity contribution is 5.90. The predicted octanol–water partition coefficient (Wildman–Crippen LogP) is -2.69. The number of nitrogen functional groups attached to an aromatic ring is 1. The van der Waals surface area contributed by atoms with Crippen molar-refractivity contribution in [2.75, 3.05) is 45.1 Å². The molecule has 13 heteroatoms. The molecule has 2 fully saturated rings. The lowest BCUT2D eigenvalue weighted by Crippen LogP contribution is -2.57. The lowest BCUT2D eigenvalue weighted by Gasteiger charge is -2.36. The number of nitrogens with two attached hydrogens (primary N) is 1. The Morgan fingerprint density at radius 1 is 1.11 bits per heavy atom. The van der Waals surface area contributed by atoms with Crippen molar-refractivity contribution in [2.45, 2.75) is 37.0 Å². The van der Waals surface area contributed by atoms with Gasteiger partial charge in [0, 0.05) is 45.3 Å². The van der Waals surface area contributed by atoms with Crippen LogP contribution < -0.4 is 16.7 Å².